The molecule has 0 aromatic rings. The van der Waals surface area contributed by atoms with Crippen molar-refractivity contribution in [3.63, 3.8) is 0 Å². The Kier molecular flexibility index (Phi) is 5.51. The van der Waals surface area contributed by atoms with Crippen molar-refractivity contribution in [1.29, 1.82) is 0 Å². The number of carbonyl (C=O) groups excluding carboxylic acids is 1. The normalized spacial score (nSPS) is 22.5. The molecule has 1 heterocycles. The molecule has 2 rings (SSSR count). The van der Waals surface area contributed by atoms with Gasteiger partial charge in [0.15, 0.2) is 11.5 Å². The van der Waals surface area contributed by atoms with E-state index in [2.05, 4.69) is 4.18 Å². The van der Waals surface area contributed by atoms with Crippen LogP contribution in [0.25, 0.3) is 0 Å². The maximum Gasteiger partial charge on any atom is 0.357 e. The van der Waals surface area contributed by atoms with Gasteiger partial charge in [-0.1, -0.05) is 6.92 Å². The fourth-order valence-electron chi connectivity index (χ4n) is 2.22. The van der Waals surface area contributed by atoms with Gasteiger partial charge in [-0.25, -0.2) is 4.79 Å². The standard InChI is InChI=1S/C12H14O8S2/c1-2-3-10(20-22(16)17)11-8-5-4-7(19-21(14)15)6-9(8)12(13)18-11/h6H,2-5H2,1H3,(H,14,15)(H,16,17)/b11-10+. The molecule has 22 heavy (non-hydrogen) atoms. The maximum absolute atomic E-state index is 11.9. The van der Waals surface area contributed by atoms with E-state index in [1.54, 1.807) is 0 Å². The molecule has 8 nitrogen and oxygen atoms in total. The van der Waals surface area contributed by atoms with E-state index in [1.807, 2.05) is 6.92 Å². The molecule has 122 valence electrons. The van der Waals surface area contributed by atoms with Crippen molar-refractivity contribution >= 4 is 28.7 Å². The number of esters is 1. The second-order valence-corrected chi connectivity index (χ2v) is 5.70. The predicted octanol–water partition coefficient (Wildman–Crippen LogP) is 1.84. The molecule has 2 N–H and O–H groups in total. The van der Waals surface area contributed by atoms with Gasteiger partial charge >= 0.3 is 28.7 Å². The molecule has 2 unspecified atom stereocenters. The zero-order valence-corrected chi connectivity index (χ0v) is 13.2. The number of cyclic esters (lactones) is 1. The fourth-order valence-corrected chi connectivity index (χ4v) is 2.86. The van der Waals surface area contributed by atoms with Crippen LogP contribution in [0.2, 0.25) is 0 Å². The smallest absolute Gasteiger partial charge is 0.357 e. The van der Waals surface area contributed by atoms with Crippen molar-refractivity contribution in [2.75, 3.05) is 0 Å². The zero-order valence-electron chi connectivity index (χ0n) is 11.6. The second kappa shape index (κ2) is 7.18. The Morgan fingerprint density at radius 2 is 2.05 bits per heavy atom. The summed E-state index contributed by atoms with van der Waals surface area (Å²) in [4.78, 5) is 11.9. The Morgan fingerprint density at radius 3 is 2.64 bits per heavy atom. The molecule has 2 aliphatic rings. The van der Waals surface area contributed by atoms with E-state index in [-0.39, 0.29) is 22.9 Å². The van der Waals surface area contributed by atoms with Crippen molar-refractivity contribution in [2.45, 2.75) is 32.6 Å². The minimum atomic E-state index is -2.52. The molecule has 0 aromatic carbocycles. The molecule has 0 amide bonds. The molecule has 0 fully saturated rings. The summed E-state index contributed by atoms with van der Waals surface area (Å²) in [5, 5.41) is 0. The molecule has 2 atom stereocenters. The van der Waals surface area contributed by atoms with E-state index in [9.17, 15) is 13.2 Å². The maximum atomic E-state index is 11.9. The number of hydrogen-bond donors (Lipinski definition) is 2. The lowest BCUT2D eigenvalue weighted by molar-refractivity contribution is -0.133. The molecule has 0 spiro atoms. The molecular weight excluding hydrogens is 336 g/mol. The van der Waals surface area contributed by atoms with E-state index in [1.165, 1.54) is 6.08 Å². The second-order valence-electron chi connectivity index (χ2n) is 4.50. The Balaban J connectivity index is 2.39. The fraction of sp³-hybridized carbons (Fsp3) is 0.417. The Labute approximate surface area is 131 Å². The van der Waals surface area contributed by atoms with Crippen LogP contribution in [0.15, 0.2) is 34.5 Å². The predicted molar refractivity (Wildman–Crippen MR) is 76.1 cm³/mol. The highest BCUT2D eigenvalue weighted by molar-refractivity contribution is 7.74. The number of carbonyl (C=O) groups is 1. The van der Waals surface area contributed by atoms with Crippen LogP contribution in [0.3, 0.4) is 0 Å². The molecule has 10 heteroatoms. The van der Waals surface area contributed by atoms with Crippen LogP contribution in [0, 0.1) is 0 Å². The van der Waals surface area contributed by atoms with E-state index in [0.717, 1.165) is 0 Å². The topological polar surface area (TPSA) is 119 Å². The summed E-state index contributed by atoms with van der Waals surface area (Å²) in [7, 11) is 0. The Hall–Kier alpha value is -1.49. The van der Waals surface area contributed by atoms with Crippen LogP contribution in [-0.2, 0) is 40.6 Å². The van der Waals surface area contributed by atoms with E-state index < -0.39 is 28.7 Å². The summed E-state index contributed by atoms with van der Waals surface area (Å²) in [6, 6.07) is 0. The summed E-state index contributed by atoms with van der Waals surface area (Å²) in [5.41, 5.74) is 0.734. The summed E-state index contributed by atoms with van der Waals surface area (Å²) in [5.74, 6) is -0.188. The molecule has 0 aromatic heterocycles. The van der Waals surface area contributed by atoms with Crippen LogP contribution in [0.1, 0.15) is 32.6 Å². The minimum absolute atomic E-state index is 0.130. The molecular formula is C12H14O8S2. The van der Waals surface area contributed by atoms with E-state index >= 15 is 0 Å². The highest BCUT2D eigenvalue weighted by Crippen LogP contribution is 2.39. The monoisotopic (exact) mass is 350 g/mol. The number of rotatable bonds is 6. The third kappa shape index (κ3) is 3.83. The third-order valence-corrected chi connectivity index (χ3v) is 3.72. The molecule has 0 saturated heterocycles. The van der Waals surface area contributed by atoms with Gasteiger partial charge in [-0.15, -0.1) is 0 Å². The zero-order chi connectivity index (χ0) is 16.3. The van der Waals surface area contributed by atoms with Crippen molar-refractivity contribution < 1.29 is 35.4 Å². The quantitative estimate of drug-likeness (QED) is 0.423. The van der Waals surface area contributed by atoms with Crippen LogP contribution in [0.5, 0.6) is 0 Å². The molecule has 1 aliphatic carbocycles. The summed E-state index contributed by atoms with van der Waals surface area (Å²) in [6.07, 6.45) is 2.92. The van der Waals surface area contributed by atoms with Crippen molar-refractivity contribution in [3.8, 4) is 0 Å². The average Bonchev–Trinajstić information content (AvgIpc) is 2.74. The van der Waals surface area contributed by atoms with Gasteiger partial charge in [-0.2, -0.15) is 8.42 Å². The van der Waals surface area contributed by atoms with Gasteiger partial charge in [0, 0.05) is 18.4 Å². The van der Waals surface area contributed by atoms with Gasteiger partial charge in [-0.3, -0.25) is 9.11 Å². The van der Waals surface area contributed by atoms with Gasteiger partial charge in [-0.05, 0) is 18.9 Å². The summed E-state index contributed by atoms with van der Waals surface area (Å²) < 4.78 is 53.7. The molecule has 0 radical (unpaired) electrons. The van der Waals surface area contributed by atoms with Crippen molar-refractivity contribution in [3.05, 3.63) is 34.5 Å². The van der Waals surface area contributed by atoms with Gasteiger partial charge in [0.05, 0.1) is 5.57 Å². The number of hydrogen-bond acceptors (Lipinski definition) is 6. The first-order valence-electron chi connectivity index (χ1n) is 6.40. The first-order valence-corrected chi connectivity index (χ1v) is 8.46. The number of allylic oxidation sites excluding steroid dienone is 3. The first kappa shape index (κ1) is 16.9. The van der Waals surface area contributed by atoms with Crippen LogP contribution in [0.4, 0.5) is 0 Å². The molecule has 1 aliphatic heterocycles. The largest absolute Gasteiger partial charge is 0.419 e. The van der Waals surface area contributed by atoms with Crippen LogP contribution in [-0.4, -0.2) is 23.5 Å². The van der Waals surface area contributed by atoms with Gasteiger partial charge < -0.3 is 13.1 Å². The highest BCUT2D eigenvalue weighted by Gasteiger charge is 2.35. The SMILES string of the molecule is CCC/C(OS(=O)O)=C1\OC(=O)C2=C1CCC(OS(=O)O)=C2. The number of ether oxygens (including phenoxy) is 1. The lowest BCUT2D eigenvalue weighted by Gasteiger charge is -2.14. The molecule has 0 bridgehead atoms. The highest BCUT2D eigenvalue weighted by atomic mass is 32.2. The lowest BCUT2D eigenvalue weighted by atomic mass is 9.96. The average molecular weight is 350 g/mol. The van der Waals surface area contributed by atoms with Crippen molar-refractivity contribution in [1.82, 2.24) is 0 Å². The summed E-state index contributed by atoms with van der Waals surface area (Å²) in [6.45, 7) is 1.85. The first-order chi connectivity index (χ1) is 10.4. The van der Waals surface area contributed by atoms with E-state index in [0.29, 0.717) is 31.3 Å². The van der Waals surface area contributed by atoms with Crippen molar-refractivity contribution in [2.24, 2.45) is 0 Å². The van der Waals surface area contributed by atoms with Gasteiger partial charge in [0.25, 0.3) is 0 Å². The minimum Gasteiger partial charge on any atom is -0.419 e. The Bertz CT molecular complexity index is 631. The van der Waals surface area contributed by atoms with Crippen LogP contribution < -0.4 is 0 Å². The molecule has 0 saturated carbocycles. The third-order valence-electron chi connectivity index (χ3n) is 3.02. The lowest BCUT2D eigenvalue weighted by Crippen LogP contribution is -2.05. The van der Waals surface area contributed by atoms with Crippen LogP contribution >= 0.6 is 0 Å². The van der Waals surface area contributed by atoms with Gasteiger partial charge in [0.2, 0.25) is 0 Å². The Morgan fingerprint density at radius 1 is 1.32 bits per heavy atom. The summed E-state index contributed by atoms with van der Waals surface area (Å²) >= 11 is -4.98. The van der Waals surface area contributed by atoms with E-state index in [4.69, 9.17) is 18.0 Å². The van der Waals surface area contributed by atoms with Gasteiger partial charge in [0.1, 0.15) is 5.76 Å².